The van der Waals surface area contributed by atoms with Crippen LogP contribution in [0, 0.1) is 6.07 Å². The van der Waals surface area contributed by atoms with E-state index in [9.17, 15) is 4.79 Å². The predicted octanol–water partition coefficient (Wildman–Crippen LogP) is 0.706. The third kappa shape index (κ3) is 2.79. The monoisotopic (exact) mass is 218 g/mol. The molecule has 1 amide bonds. The Hall–Kier alpha value is -1.42. The van der Waals surface area contributed by atoms with Gasteiger partial charge in [-0.05, 0) is 39.0 Å². The molecule has 1 radical (unpaired) electrons. The molecule has 0 aliphatic carbocycles. The van der Waals surface area contributed by atoms with Crippen molar-refractivity contribution in [2.45, 2.75) is 18.9 Å². The Bertz CT molecular complexity index is 345. The first-order valence-corrected chi connectivity index (χ1v) is 5.57. The fraction of sp³-hybridized carbons (Fsp3) is 0.500. The van der Waals surface area contributed by atoms with Gasteiger partial charge in [-0.3, -0.25) is 9.78 Å². The average Bonchev–Trinajstić information content (AvgIpc) is 2.33. The lowest BCUT2D eigenvalue weighted by Gasteiger charge is -2.29. The second-order valence-electron chi connectivity index (χ2n) is 4.20. The molecule has 1 N–H and O–H groups in total. The Kier molecular flexibility index (Phi) is 3.51. The minimum absolute atomic E-state index is 0.0445. The fourth-order valence-corrected chi connectivity index (χ4v) is 1.87. The quantitative estimate of drug-likeness (QED) is 0.795. The van der Waals surface area contributed by atoms with Crippen molar-refractivity contribution in [1.82, 2.24) is 15.2 Å². The Morgan fingerprint density at radius 3 is 2.94 bits per heavy atom. The van der Waals surface area contributed by atoms with Gasteiger partial charge in [0.2, 0.25) is 0 Å². The molecule has 4 nitrogen and oxygen atoms in total. The molecule has 0 atom stereocenters. The number of hydrogen-bond donors (Lipinski definition) is 1. The summed E-state index contributed by atoms with van der Waals surface area (Å²) in [6, 6.07) is 4.81. The van der Waals surface area contributed by atoms with Gasteiger partial charge in [0, 0.05) is 24.5 Å². The summed E-state index contributed by atoms with van der Waals surface area (Å²) >= 11 is 0. The van der Waals surface area contributed by atoms with Gasteiger partial charge in [0.25, 0.3) is 5.91 Å². The molecule has 85 valence electrons. The van der Waals surface area contributed by atoms with Gasteiger partial charge in [0.1, 0.15) is 0 Å². The van der Waals surface area contributed by atoms with Crippen molar-refractivity contribution < 1.29 is 4.79 Å². The van der Waals surface area contributed by atoms with Gasteiger partial charge >= 0.3 is 0 Å². The van der Waals surface area contributed by atoms with E-state index in [2.05, 4.69) is 28.3 Å². The third-order valence-electron chi connectivity index (χ3n) is 2.92. The maximum Gasteiger partial charge on any atom is 0.252 e. The zero-order valence-electron chi connectivity index (χ0n) is 9.44. The van der Waals surface area contributed by atoms with E-state index in [0.29, 0.717) is 11.6 Å². The molecule has 1 aliphatic rings. The Balaban J connectivity index is 1.88. The van der Waals surface area contributed by atoms with Gasteiger partial charge in [0.05, 0.1) is 5.56 Å². The van der Waals surface area contributed by atoms with Crippen LogP contribution < -0.4 is 5.32 Å². The highest BCUT2D eigenvalue weighted by Crippen LogP contribution is 2.09. The Labute approximate surface area is 95.7 Å². The highest BCUT2D eigenvalue weighted by molar-refractivity contribution is 5.93. The largest absolute Gasteiger partial charge is 0.349 e. The summed E-state index contributed by atoms with van der Waals surface area (Å²) in [6.07, 6.45) is 5.17. The molecule has 1 aliphatic heterocycles. The van der Waals surface area contributed by atoms with Crippen LogP contribution in [-0.4, -0.2) is 42.0 Å². The van der Waals surface area contributed by atoms with Gasteiger partial charge in [-0.15, -0.1) is 0 Å². The molecule has 1 fully saturated rings. The summed E-state index contributed by atoms with van der Waals surface area (Å²) in [4.78, 5) is 17.9. The molecule has 0 aromatic carbocycles. The number of carbonyl (C=O) groups is 1. The standard InChI is InChI=1S/C12H16N3O/c1-15-8-4-11(5-9-15)14-12(16)10-2-6-13-7-3-10/h2,6-7,11H,4-5,8-9H2,1H3,(H,14,16). The van der Waals surface area contributed by atoms with E-state index in [0.717, 1.165) is 25.9 Å². The van der Waals surface area contributed by atoms with Gasteiger partial charge in [-0.1, -0.05) is 0 Å². The first kappa shape index (κ1) is 11.1. The molecule has 2 heterocycles. The maximum atomic E-state index is 11.8. The van der Waals surface area contributed by atoms with E-state index >= 15 is 0 Å². The number of pyridine rings is 1. The van der Waals surface area contributed by atoms with E-state index in [-0.39, 0.29) is 5.91 Å². The van der Waals surface area contributed by atoms with Crippen molar-refractivity contribution in [3.63, 3.8) is 0 Å². The number of aromatic nitrogens is 1. The number of carbonyl (C=O) groups excluding carboxylic acids is 1. The van der Waals surface area contributed by atoms with Crippen LogP contribution in [0.1, 0.15) is 23.2 Å². The van der Waals surface area contributed by atoms with Crippen molar-refractivity contribution >= 4 is 5.91 Å². The van der Waals surface area contributed by atoms with Crippen LogP contribution in [0.3, 0.4) is 0 Å². The van der Waals surface area contributed by atoms with Crippen LogP contribution in [0.15, 0.2) is 18.5 Å². The van der Waals surface area contributed by atoms with E-state index in [4.69, 9.17) is 0 Å². The molecule has 2 rings (SSSR count). The fourth-order valence-electron chi connectivity index (χ4n) is 1.87. The number of likely N-dealkylation sites (tertiary alicyclic amines) is 1. The van der Waals surface area contributed by atoms with Crippen molar-refractivity contribution in [3.05, 3.63) is 30.1 Å². The highest BCUT2D eigenvalue weighted by atomic mass is 16.1. The lowest BCUT2D eigenvalue weighted by Crippen LogP contribution is -2.43. The molecule has 1 saturated heterocycles. The average molecular weight is 218 g/mol. The molecule has 0 unspecified atom stereocenters. The first-order valence-electron chi connectivity index (χ1n) is 5.57. The molecule has 0 saturated carbocycles. The van der Waals surface area contributed by atoms with Crippen LogP contribution in [0.25, 0.3) is 0 Å². The number of nitrogens with zero attached hydrogens (tertiary/aromatic N) is 2. The second-order valence-corrected chi connectivity index (χ2v) is 4.20. The summed E-state index contributed by atoms with van der Waals surface area (Å²) in [7, 11) is 2.11. The zero-order chi connectivity index (χ0) is 11.4. The zero-order valence-corrected chi connectivity index (χ0v) is 9.44. The summed E-state index contributed by atoms with van der Waals surface area (Å²) in [5.41, 5.74) is 0.564. The van der Waals surface area contributed by atoms with Gasteiger partial charge in [-0.2, -0.15) is 0 Å². The molecule has 16 heavy (non-hydrogen) atoms. The topological polar surface area (TPSA) is 45.2 Å². The molecule has 1 aromatic rings. The summed E-state index contributed by atoms with van der Waals surface area (Å²) < 4.78 is 0. The number of hydrogen-bond acceptors (Lipinski definition) is 3. The third-order valence-corrected chi connectivity index (χ3v) is 2.92. The van der Waals surface area contributed by atoms with Gasteiger partial charge < -0.3 is 10.2 Å². The van der Waals surface area contributed by atoms with Crippen LogP contribution in [0.2, 0.25) is 0 Å². The highest BCUT2D eigenvalue weighted by Gasteiger charge is 2.18. The molecule has 0 bridgehead atoms. The molecular weight excluding hydrogens is 202 g/mol. The van der Waals surface area contributed by atoms with E-state index in [1.54, 1.807) is 12.3 Å². The van der Waals surface area contributed by atoms with E-state index in [1.165, 1.54) is 6.20 Å². The Morgan fingerprint density at radius 1 is 1.56 bits per heavy atom. The van der Waals surface area contributed by atoms with Crippen molar-refractivity contribution in [2.75, 3.05) is 20.1 Å². The lowest BCUT2D eigenvalue weighted by molar-refractivity contribution is 0.0916. The maximum absolute atomic E-state index is 11.8. The SMILES string of the molecule is CN1CCC(NC(=O)c2[c]cncc2)CC1. The molecule has 0 spiro atoms. The number of nitrogens with one attached hydrogen (secondary N) is 1. The minimum Gasteiger partial charge on any atom is -0.349 e. The van der Waals surface area contributed by atoms with Crippen molar-refractivity contribution in [1.29, 1.82) is 0 Å². The molecule has 4 heteroatoms. The summed E-state index contributed by atoms with van der Waals surface area (Å²) in [5.74, 6) is -0.0445. The Morgan fingerprint density at radius 2 is 2.31 bits per heavy atom. The smallest absolute Gasteiger partial charge is 0.252 e. The number of rotatable bonds is 2. The second kappa shape index (κ2) is 5.07. The minimum atomic E-state index is -0.0445. The molecule has 1 aromatic heterocycles. The van der Waals surface area contributed by atoms with Crippen LogP contribution in [0.5, 0.6) is 0 Å². The summed E-state index contributed by atoms with van der Waals surface area (Å²) in [5, 5.41) is 3.03. The van der Waals surface area contributed by atoms with Crippen LogP contribution in [0.4, 0.5) is 0 Å². The van der Waals surface area contributed by atoms with E-state index in [1.807, 2.05) is 0 Å². The van der Waals surface area contributed by atoms with Crippen molar-refractivity contribution in [2.24, 2.45) is 0 Å². The summed E-state index contributed by atoms with van der Waals surface area (Å²) in [6.45, 7) is 2.09. The number of amides is 1. The first-order chi connectivity index (χ1) is 7.75. The molecular formula is C12H16N3O. The van der Waals surface area contributed by atoms with Gasteiger partial charge in [-0.25, -0.2) is 0 Å². The normalized spacial score (nSPS) is 18.3. The van der Waals surface area contributed by atoms with Crippen LogP contribution in [-0.2, 0) is 0 Å². The number of piperidine rings is 1. The predicted molar refractivity (Wildman–Crippen MR) is 61.1 cm³/mol. The van der Waals surface area contributed by atoms with Crippen molar-refractivity contribution in [3.8, 4) is 0 Å². The lowest BCUT2D eigenvalue weighted by atomic mass is 10.1. The van der Waals surface area contributed by atoms with Gasteiger partial charge in [0.15, 0.2) is 0 Å². The van der Waals surface area contributed by atoms with E-state index < -0.39 is 0 Å². The van der Waals surface area contributed by atoms with Crippen LogP contribution >= 0.6 is 0 Å².